The van der Waals surface area contributed by atoms with Crippen LogP contribution in [0.3, 0.4) is 0 Å². The van der Waals surface area contributed by atoms with Crippen molar-refractivity contribution in [1.29, 1.82) is 0 Å². The molecule has 6 heteroatoms. The number of halogens is 1. The zero-order chi connectivity index (χ0) is 15.5. The van der Waals surface area contributed by atoms with Gasteiger partial charge >= 0.3 is 0 Å². The molecule has 5 nitrogen and oxygen atoms in total. The molecular formula is C15H19BrN4O. The van der Waals surface area contributed by atoms with Crippen LogP contribution >= 0.6 is 15.9 Å². The Balaban J connectivity index is 2.16. The van der Waals surface area contributed by atoms with E-state index in [9.17, 15) is 4.79 Å². The number of imidazole rings is 1. The highest BCUT2D eigenvalue weighted by atomic mass is 79.9. The number of carbonyl (C=O) groups excluding carboxylic acids is 1. The first-order chi connectivity index (χ1) is 9.88. The average Bonchev–Trinajstić information content (AvgIpc) is 2.90. The van der Waals surface area contributed by atoms with E-state index in [1.807, 2.05) is 16.8 Å². The lowest BCUT2D eigenvalue weighted by Crippen LogP contribution is -2.46. The fourth-order valence-electron chi connectivity index (χ4n) is 1.92. The normalized spacial score (nSPS) is 13.0. The van der Waals surface area contributed by atoms with Crippen LogP contribution in [0.5, 0.6) is 0 Å². The molecule has 0 radical (unpaired) electrons. The quantitative estimate of drug-likeness (QED) is 0.922. The van der Waals surface area contributed by atoms with E-state index in [0.717, 1.165) is 0 Å². The first-order valence-corrected chi connectivity index (χ1v) is 7.54. The molecular weight excluding hydrogens is 332 g/mol. The fourth-order valence-corrected chi connectivity index (χ4v) is 2.36. The summed E-state index contributed by atoms with van der Waals surface area (Å²) in [4.78, 5) is 20.6. The van der Waals surface area contributed by atoms with E-state index in [4.69, 9.17) is 0 Å². The van der Waals surface area contributed by atoms with Gasteiger partial charge in [-0.05, 0) is 33.5 Å². The maximum atomic E-state index is 12.4. The number of pyridine rings is 1. The maximum absolute atomic E-state index is 12.4. The summed E-state index contributed by atoms with van der Waals surface area (Å²) in [6.45, 7) is 6.96. The van der Waals surface area contributed by atoms with Crippen molar-refractivity contribution in [2.45, 2.75) is 33.4 Å². The monoisotopic (exact) mass is 350 g/mol. The smallest absolute Gasteiger partial charge is 0.271 e. The lowest BCUT2D eigenvalue weighted by atomic mass is 9.86. The van der Waals surface area contributed by atoms with Gasteiger partial charge in [0.1, 0.15) is 5.69 Å². The largest absolute Gasteiger partial charge is 0.346 e. The third-order valence-corrected chi connectivity index (χ3v) is 3.92. The number of nitrogens with one attached hydrogen (secondary N) is 1. The second-order valence-electron chi connectivity index (χ2n) is 5.99. The molecule has 0 aromatic carbocycles. The fraction of sp³-hybridized carbons (Fsp3) is 0.400. The van der Waals surface area contributed by atoms with E-state index in [1.54, 1.807) is 24.8 Å². The molecule has 1 amide bonds. The average molecular weight is 351 g/mol. The van der Waals surface area contributed by atoms with Gasteiger partial charge in [0.25, 0.3) is 5.91 Å². The van der Waals surface area contributed by atoms with Crippen molar-refractivity contribution in [3.8, 4) is 0 Å². The van der Waals surface area contributed by atoms with Crippen LogP contribution in [0.2, 0.25) is 0 Å². The Morgan fingerprint density at radius 2 is 2.19 bits per heavy atom. The van der Waals surface area contributed by atoms with Gasteiger partial charge < -0.3 is 9.88 Å². The number of amides is 1. The van der Waals surface area contributed by atoms with E-state index in [2.05, 4.69) is 52.0 Å². The van der Waals surface area contributed by atoms with Crippen LogP contribution < -0.4 is 5.32 Å². The molecule has 0 fully saturated rings. The lowest BCUT2D eigenvalue weighted by Gasteiger charge is -2.31. The van der Waals surface area contributed by atoms with Crippen molar-refractivity contribution in [2.24, 2.45) is 5.41 Å². The molecule has 0 bridgehead atoms. The molecule has 2 heterocycles. The summed E-state index contributed by atoms with van der Waals surface area (Å²) in [5.74, 6) is -0.178. The zero-order valence-corrected chi connectivity index (χ0v) is 14.0. The summed E-state index contributed by atoms with van der Waals surface area (Å²) >= 11 is 3.36. The van der Waals surface area contributed by atoms with Crippen LogP contribution in [0.4, 0.5) is 0 Å². The Morgan fingerprint density at radius 3 is 2.76 bits per heavy atom. The van der Waals surface area contributed by atoms with E-state index < -0.39 is 0 Å². The summed E-state index contributed by atoms with van der Waals surface area (Å²) in [5, 5.41) is 3.07. The summed E-state index contributed by atoms with van der Waals surface area (Å²) in [7, 11) is 0. The number of carbonyl (C=O) groups is 1. The number of nitrogens with zero attached hydrogens (tertiary/aromatic N) is 3. The van der Waals surface area contributed by atoms with Crippen molar-refractivity contribution in [3.05, 3.63) is 47.2 Å². The van der Waals surface area contributed by atoms with Crippen molar-refractivity contribution in [1.82, 2.24) is 19.9 Å². The third-order valence-electron chi connectivity index (χ3n) is 3.28. The minimum Gasteiger partial charge on any atom is -0.346 e. The standard InChI is InChI=1S/C15H19BrN4O/c1-15(2,3)12(9-20-8-7-17-10-20)19-14(21)13-11(16)5-4-6-18-13/h4-8,10,12H,9H2,1-3H3,(H,19,21). The Labute approximate surface area is 132 Å². The van der Waals surface area contributed by atoms with Gasteiger partial charge in [-0.1, -0.05) is 20.8 Å². The molecule has 0 aliphatic heterocycles. The summed E-state index contributed by atoms with van der Waals surface area (Å²) in [6.07, 6.45) is 6.99. The first-order valence-electron chi connectivity index (χ1n) is 6.75. The predicted molar refractivity (Wildman–Crippen MR) is 84.9 cm³/mol. The van der Waals surface area contributed by atoms with Crippen LogP contribution in [-0.2, 0) is 6.54 Å². The molecule has 2 rings (SSSR count). The third kappa shape index (κ3) is 4.14. The molecule has 0 aliphatic carbocycles. The topological polar surface area (TPSA) is 59.8 Å². The molecule has 112 valence electrons. The van der Waals surface area contributed by atoms with Crippen LogP contribution in [0, 0.1) is 5.41 Å². The van der Waals surface area contributed by atoms with Crippen molar-refractivity contribution < 1.29 is 4.79 Å². The Bertz CT molecular complexity index is 604. The number of aromatic nitrogens is 3. The SMILES string of the molecule is CC(C)(C)C(Cn1ccnc1)NC(=O)c1ncccc1Br. The molecule has 2 aromatic heterocycles. The number of hydrogen-bond donors (Lipinski definition) is 1. The summed E-state index contributed by atoms with van der Waals surface area (Å²) in [5.41, 5.74) is 0.318. The van der Waals surface area contributed by atoms with Crippen LogP contribution in [0.1, 0.15) is 31.3 Å². The molecule has 0 saturated carbocycles. The zero-order valence-electron chi connectivity index (χ0n) is 12.4. The summed E-state index contributed by atoms with van der Waals surface area (Å²) < 4.78 is 2.65. The number of hydrogen-bond acceptors (Lipinski definition) is 3. The van der Waals surface area contributed by atoms with E-state index in [0.29, 0.717) is 16.7 Å². The Hall–Kier alpha value is -1.69. The van der Waals surface area contributed by atoms with E-state index >= 15 is 0 Å². The van der Waals surface area contributed by atoms with Gasteiger partial charge in [0.2, 0.25) is 0 Å². The highest BCUT2D eigenvalue weighted by molar-refractivity contribution is 9.10. The summed E-state index contributed by atoms with van der Waals surface area (Å²) in [6, 6.07) is 3.56. The van der Waals surface area contributed by atoms with Gasteiger partial charge in [-0.2, -0.15) is 0 Å². The van der Waals surface area contributed by atoms with Gasteiger partial charge in [0.15, 0.2) is 0 Å². The van der Waals surface area contributed by atoms with Crippen molar-refractivity contribution in [2.75, 3.05) is 0 Å². The van der Waals surface area contributed by atoms with Crippen molar-refractivity contribution in [3.63, 3.8) is 0 Å². The Kier molecular flexibility index (Phi) is 4.77. The van der Waals surface area contributed by atoms with Gasteiger partial charge in [-0.3, -0.25) is 4.79 Å². The molecule has 1 N–H and O–H groups in total. The molecule has 21 heavy (non-hydrogen) atoms. The molecule has 1 atom stereocenters. The van der Waals surface area contributed by atoms with Gasteiger partial charge in [0.05, 0.1) is 12.4 Å². The molecule has 0 aliphatic rings. The highest BCUT2D eigenvalue weighted by Crippen LogP contribution is 2.22. The second kappa shape index (κ2) is 6.39. The van der Waals surface area contributed by atoms with Crippen molar-refractivity contribution >= 4 is 21.8 Å². The highest BCUT2D eigenvalue weighted by Gasteiger charge is 2.27. The van der Waals surface area contributed by atoms with Gasteiger partial charge in [-0.25, -0.2) is 9.97 Å². The predicted octanol–water partition coefficient (Wildman–Crippen LogP) is 2.89. The lowest BCUT2D eigenvalue weighted by molar-refractivity contribution is 0.0886. The van der Waals surface area contributed by atoms with Crippen LogP contribution in [0.15, 0.2) is 41.5 Å². The maximum Gasteiger partial charge on any atom is 0.271 e. The van der Waals surface area contributed by atoms with Crippen LogP contribution in [0.25, 0.3) is 0 Å². The molecule has 0 spiro atoms. The van der Waals surface area contributed by atoms with Gasteiger partial charge in [-0.15, -0.1) is 0 Å². The van der Waals surface area contributed by atoms with E-state index in [1.165, 1.54) is 0 Å². The van der Waals surface area contributed by atoms with E-state index in [-0.39, 0.29) is 17.4 Å². The molecule has 2 aromatic rings. The van der Waals surface area contributed by atoms with Gasteiger partial charge in [0, 0.05) is 29.6 Å². The Morgan fingerprint density at radius 1 is 1.43 bits per heavy atom. The van der Waals surface area contributed by atoms with Crippen LogP contribution in [-0.4, -0.2) is 26.5 Å². The number of rotatable bonds is 4. The second-order valence-corrected chi connectivity index (χ2v) is 6.84. The minimum absolute atomic E-state index is 0.0342. The minimum atomic E-state index is -0.178. The first kappa shape index (κ1) is 15.7. The molecule has 1 unspecified atom stereocenters. The molecule has 0 saturated heterocycles.